The van der Waals surface area contributed by atoms with Crippen LogP contribution in [0.4, 0.5) is 0 Å². The molecular formula is C16H21NO3. The number of benzene rings is 1. The fourth-order valence-corrected chi connectivity index (χ4v) is 2.79. The zero-order valence-corrected chi connectivity index (χ0v) is 12.1. The fraction of sp³-hybridized carbons (Fsp3) is 0.500. The third kappa shape index (κ3) is 2.55. The van der Waals surface area contributed by atoms with Crippen LogP contribution in [-0.4, -0.2) is 28.4 Å². The lowest BCUT2D eigenvalue weighted by Gasteiger charge is -2.23. The Hall–Kier alpha value is -1.84. The van der Waals surface area contributed by atoms with E-state index in [1.807, 2.05) is 26.0 Å². The first-order valence-electron chi connectivity index (χ1n) is 7.15. The smallest absolute Gasteiger partial charge is 0.235 e. The van der Waals surface area contributed by atoms with Crippen LogP contribution in [0, 0.1) is 5.41 Å². The number of rotatable bonds is 5. The van der Waals surface area contributed by atoms with Gasteiger partial charge in [0.25, 0.3) is 0 Å². The first-order chi connectivity index (χ1) is 9.52. The van der Waals surface area contributed by atoms with Crippen molar-refractivity contribution in [1.29, 1.82) is 0 Å². The molecule has 2 rings (SSSR count). The molecular weight excluding hydrogens is 254 g/mol. The number of carbonyl (C=O) groups excluding carboxylic acids is 2. The van der Waals surface area contributed by atoms with Gasteiger partial charge in [-0.15, -0.1) is 0 Å². The minimum absolute atomic E-state index is 0.0220. The molecule has 108 valence electrons. The highest BCUT2D eigenvalue weighted by molar-refractivity contribution is 6.05. The maximum Gasteiger partial charge on any atom is 0.235 e. The molecule has 0 unspecified atom stereocenters. The van der Waals surface area contributed by atoms with Gasteiger partial charge in [0.05, 0.1) is 5.41 Å². The van der Waals surface area contributed by atoms with Gasteiger partial charge in [-0.3, -0.25) is 14.5 Å². The summed E-state index contributed by atoms with van der Waals surface area (Å²) in [5.41, 5.74) is 0.528. The molecule has 0 radical (unpaired) electrons. The quantitative estimate of drug-likeness (QED) is 0.840. The van der Waals surface area contributed by atoms with Crippen LogP contribution in [-0.2, 0) is 16.0 Å². The Labute approximate surface area is 119 Å². The number of likely N-dealkylation sites (tertiary alicyclic amines) is 1. The van der Waals surface area contributed by atoms with Gasteiger partial charge in [-0.25, -0.2) is 0 Å². The molecule has 0 spiro atoms. The number of phenols is 1. The third-order valence-corrected chi connectivity index (χ3v) is 4.40. The van der Waals surface area contributed by atoms with E-state index in [9.17, 15) is 14.7 Å². The summed E-state index contributed by atoms with van der Waals surface area (Å²) in [4.78, 5) is 25.9. The Kier molecular flexibility index (Phi) is 4.12. The third-order valence-electron chi connectivity index (χ3n) is 4.40. The topological polar surface area (TPSA) is 57.6 Å². The standard InChI is InChI=1S/C16H21NO3/c1-3-16(4-2)11-14(19)17(15(16)20)10-9-12-5-7-13(18)8-6-12/h5-8,18H,3-4,9-11H2,1-2H3. The molecule has 2 amide bonds. The van der Waals surface area contributed by atoms with Crippen molar-refractivity contribution in [3.63, 3.8) is 0 Å². The Balaban J connectivity index is 2.04. The number of amides is 2. The van der Waals surface area contributed by atoms with Gasteiger partial charge in [0, 0.05) is 13.0 Å². The molecule has 0 bridgehead atoms. The molecule has 1 aromatic rings. The first-order valence-corrected chi connectivity index (χ1v) is 7.15. The lowest BCUT2D eigenvalue weighted by molar-refractivity contribution is -0.141. The van der Waals surface area contributed by atoms with Crippen molar-refractivity contribution in [1.82, 2.24) is 4.90 Å². The number of imide groups is 1. The van der Waals surface area contributed by atoms with Crippen LogP contribution in [0.1, 0.15) is 38.7 Å². The van der Waals surface area contributed by atoms with E-state index in [0.29, 0.717) is 32.2 Å². The molecule has 1 N–H and O–H groups in total. The molecule has 1 aliphatic heterocycles. The van der Waals surface area contributed by atoms with Crippen LogP contribution in [0.2, 0.25) is 0 Å². The second-order valence-corrected chi connectivity index (χ2v) is 5.43. The van der Waals surface area contributed by atoms with Gasteiger partial charge in [-0.1, -0.05) is 26.0 Å². The summed E-state index contributed by atoms with van der Waals surface area (Å²) < 4.78 is 0. The van der Waals surface area contributed by atoms with E-state index < -0.39 is 5.41 Å². The molecule has 1 aliphatic rings. The fourth-order valence-electron chi connectivity index (χ4n) is 2.79. The van der Waals surface area contributed by atoms with Crippen molar-refractivity contribution in [3.05, 3.63) is 29.8 Å². The monoisotopic (exact) mass is 275 g/mol. The Morgan fingerprint density at radius 2 is 1.75 bits per heavy atom. The first kappa shape index (κ1) is 14.6. The average Bonchev–Trinajstić information content (AvgIpc) is 2.70. The van der Waals surface area contributed by atoms with E-state index in [4.69, 9.17) is 0 Å². The van der Waals surface area contributed by atoms with Crippen molar-refractivity contribution in [3.8, 4) is 5.75 Å². The van der Waals surface area contributed by atoms with Crippen molar-refractivity contribution in [2.75, 3.05) is 6.54 Å². The number of nitrogens with zero attached hydrogens (tertiary/aromatic N) is 1. The van der Waals surface area contributed by atoms with Gasteiger partial charge in [0.15, 0.2) is 0 Å². The van der Waals surface area contributed by atoms with Gasteiger partial charge in [0.1, 0.15) is 5.75 Å². The summed E-state index contributed by atoms with van der Waals surface area (Å²) in [6.45, 7) is 4.36. The van der Waals surface area contributed by atoms with Gasteiger partial charge in [-0.2, -0.15) is 0 Å². The lowest BCUT2D eigenvalue weighted by Crippen LogP contribution is -2.36. The zero-order valence-electron chi connectivity index (χ0n) is 12.1. The second-order valence-electron chi connectivity index (χ2n) is 5.43. The molecule has 4 heteroatoms. The van der Waals surface area contributed by atoms with Crippen molar-refractivity contribution in [2.24, 2.45) is 5.41 Å². The molecule has 0 aliphatic carbocycles. The summed E-state index contributed by atoms with van der Waals surface area (Å²) in [7, 11) is 0. The van der Waals surface area contributed by atoms with E-state index in [1.165, 1.54) is 4.90 Å². The van der Waals surface area contributed by atoms with Crippen LogP contribution in [0.25, 0.3) is 0 Å². The maximum atomic E-state index is 12.4. The maximum absolute atomic E-state index is 12.4. The summed E-state index contributed by atoms with van der Waals surface area (Å²) in [5.74, 6) is 0.141. The van der Waals surface area contributed by atoms with Gasteiger partial charge >= 0.3 is 0 Å². The Morgan fingerprint density at radius 3 is 2.25 bits per heavy atom. The number of carbonyl (C=O) groups is 2. The molecule has 0 saturated carbocycles. The number of hydrogen-bond acceptors (Lipinski definition) is 3. The number of hydrogen-bond donors (Lipinski definition) is 1. The van der Waals surface area contributed by atoms with E-state index in [0.717, 1.165) is 5.56 Å². The summed E-state index contributed by atoms with van der Waals surface area (Å²) in [5, 5.41) is 9.23. The molecule has 4 nitrogen and oxygen atoms in total. The highest BCUT2D eigenvalue weighted by atomic mass is 16.3. The number of aromatic hydroxyl groups is 1. The molecule has 1 aromatic carbocycles. The summed E-state index contributed by atoms with van der Waals surface area (Å²) in [6.07, 6.45) is 2.39. The molecule has 20 heavy (non-hydrogen) atoms. The SMILES string of the molecule is CCC1(CC)CC(=O)N(CCc2ccc(O)cc2)C1=O. The number of phenolic OH excluding ortho intramolecular Hbond substituents is 1. The zero-order chi connectivity index (χ0) is 14.8. The van der Waals surface area contributed by atoms with E-state index in [1.54, 1.807) is 12.1 Å². The van der Waals surface area contributed by atoms with Crippen LogP contribution < -0.4 is 0 Å². The van der Waals surface area contributed by atoms with Crippen LogP contribution in [0.15, 0.2) is 24.3 Å². The van der Waals surface area contributed by atoms with Gasteiger partial charge in [0.2, 0.25) is 11.8 Å². The molecule has 0 atom stereocenters. The predicted molar refractivity (Wildman–Crippen MR) is 76.2 cm³/mol. The highest BCUT2D eigenvalue weighted by Crippen LogP contribution is 2.39. The predicted octanol–water partition coefficient (Wildman–Crippen LogP) is 2.50. The van der Waals surface area contributed by atoms with Gasteiger partial charge < -0.3 is 5.11 Å². The van der Waals surface area contributed by atoms with Crippen molar-refractivity contribution < 1.29 is 14.7 Å². The lowest BCUT2D eigenvalue weighted by atomic mass is 9.81. The van der Waals surface area contributed by atoms with E-state index in [-0.39, 0.29) is 17.6 Å². The minimum atomic E-state index is -0.480. The van der Waals surface area contributed by atoms with Crippen molar-refractivity contribution in [2.45, 2.75) is 39.5 Å². The van der Waals surface area contributed by atoms with Crippen LogP contribution in [0.5, 0.6) is 5.75 Å². The Morgan fingerprint density at radius 1 is 1.15 bits per heavy atom. The van der Waals surface area contributed by atoms with Crippen LogP contribution >= 0.6 is 0 Å². The molecule has 1 saturated heterocycles. The average molecular weight is 275 g/mol. The second kappa shape index (κ2) is 5.65. The summed E-state index contributed by atoms with van der Waals surface area (Å²) >= 11 is 0. The van der Waals surface area contributed by atoms with Crippen molar-refractivity contribution >= 4 is 11.8 Å². The van der Waals surface area contributed by atoms with Gasteiger partial charge in [-0.05, 0) is 37.0 Å². The highest BCUT2D eigenvalue weighted by Gasteiger charge is 2.48. The Bertz CT molecular complexity index is 503. The van der Waals surface area contributed by atoms with E-state index in [2.05, 4.69) is 0 Å². The molecule has 1 fully saturated rings. The normalized spacial score (nSPS) is 17.8. The van der Waals surface area contributed by atoms with Crippen LogP contribution in [0.3, 0.4) is 0 Å². The summed E-state index contributed by atoms with van der Waals surface area (Å²) in [6, 6.07) is 6.86. The molecule has 0 aromatic heterocycles. The van der Waals surface area contributed by atoms with E-state index >= 15 is 0 Å². The molecule has 1 heterocycles. The largest absolute Gasteiger partial charge is 0.508 e. The minimum Gasteiger partial charge on any atom is -0.508 e.